The van der Waals surface area contributed by atoms with Gasteiger partial charge < -0.3 is 15.0 Å². The van der Waals surface area contributed by atoms with Gasteiger partial charge in [-0.25, -0.2) is 0 Å². The standard InChI is InChI=1S/C18H20N4O2/c1-3-24-14-4-5-15-12(8-14)9-16(20-15)17(23)21-18(6-7-18)13-10-19-22(2)11-13/h4-5,8-11,20H,3,6-7H2,1-2H3,(H,21,23). The van der Waals surface area contributed by atoms with Crippen LogP contribution in [0.15, 0.2) is 36.7 Å². The van der Waals surface area contributed by atoms with Crippen molar-refractivity contribution in [2.24, 2.45) is 7.05 Å². The summed E-state index contributed by atoms with van der Waals surface area (Å²) in [7, 11) is 1.88. The number of hydrogen-bond acceptors (Lipinski definition) is 3. The lowest BCUT2D eigenvalue weighted by atomic mass is 10.1. The first-order valence-electron chi connectivity index (χ1n) is 8.17. The van der Waals surface area contributed by atoms with Crippen molar-refractivity contribution in [3.05, 3.63) is 47.9 Å². The van der Waals surface area contributed by atoms with Gasteiger partial charge in [-0.1, -0.05) is 0 Å². The molecule has 0 saturated heterocycles. The SMILES string of the molecule is CCOc1ccc2[nH]c(C(=O)NC3(c4cnn(C)c4)CC3)cc2c1. The van der Waals surface area contributed by atoms with Crippen molar-refractivity contribution in [3.8, 4) is 5.75 Å². The number of amides is 1. The molecule has 4 rings (SSSR count). The van der Waals surface area contributed by atoms with Crippen LogP contribution in [0.1, 0.15) is 35.8 Å². The van der Waals surface area contributed by atoms with Crippen LogP contribution in [-0.2, 0) is 12.6 Å². The summed E-state index contributed by atoms with van der Waals surface area (Å²) in [5.41, 5.74) is 2.29. The quantitative estimate of drug-likeness (QED) is 0.758. The largest absolute Gasteiger partial charge is 0.494 e. The molecule has 0 radical (unpaired) electrons. The first-order valence-corrected chi connectivity index (χ1v) is 8.17. The van der Waals surface area contributed by atoms with Crippen molar-refractivity contribution >= 4 is 16.8 Å². The van der Waals surface area contributed by atoms with E-state index in [1.807, 2.05) is 50.6 Å². The van der Waals surface area contributed by atoms with Crippen molar-refractivity contribution in [3.63, 3.8) is 0 Å². The van der Waals surface area contributed by atoms with E-state index >= 15 is 0 Å². The predicted molar refractivity (Wildman–Crippen MR) is 91.1 cm³/mol. The molecule has 0 atom stereocenters. The Bertz CT molecular complexity index is 905. The molecular weight excluding hydrogens is 304 g/mol. The molecule has 0 unspecified atom stereocenters. The van der Waals surface area contributed by atoms with Crippen molar-refractivity contribution in [2.45, 2.75) is 25.3 Å². The highest BCUT2D eigenvalue weighted by Crippen LogP contribution is 2.45. The Balaban J connectivity index is 1.57. The average Bonchev–Trinajstić information content (AvgIpc) is 3.01. The number of aromatic nitrogens is 3. The Hall–Kier alpha value is -2.76. The number of hydrogen-bond donors (Lipinski definition) is 2. The van der Waals surface area contributed by atoms with Crippen molar-refractivity contribution in [1.82, 2.24) is 20.1 Å². The molecule has 1 fully saturated rings. The van der Waals surface area contributed by atoms with Crippen LogP contribution >= 0.6 is 0 Å². The Labute approximate surface area is 139 Å². The summed E-state index contributed by atoms with van der Waals surface area (Å²) in [5.74, 6) is 0.718. The number of aromatic amines is 1. The molecule has 0 bridgehead atoms. The maximum Gasteiger partial charge on any atom is 0.268 e. The minimum Gasteiger partial charge on any atom is -0.494 e. The highest BCUT2D eigenvalue weighted by atomic mass is 16.5. The second-order valence-corrected chi connectivity index (χ2v) is 6.30. The van der Waals surface area contributed by atoms with Gasteiger partial charge in [0.15, 0.2) is 0 Å². The van der Waals surface area contributed by atoms with E-state index in [0.717, 1.165) is 35.1 Å². The fourth-order valence-corrected chi connectivity index (χ4v) is 3.05. The molecule has 1 aliphatic rings. The van der Waals surface area contributed by atoms with Crippen LogP contribution in [0.25, 0.3) is 10.9 Å². The average molecular weight is 324 g/mol. The van der Waals surface area contributed by atoms with Crippen LogP contribution in [-0.4, -0.2) is 27.3 Å². The molecule has 0 aliphatic heterocycles. The van der Waals surface area contributed by atoms with Gasteiger partial charge in [0.2, 0.25) is 0 Å². The summed E-state index contributed by atoms with van der Waals surface area (Å²) in [6, 6.07) is 7.65. The molecule has 2 aromatic heterocycles. The molecule has 1 aliphatic carbocycles. The van der Waals surface area contributed by atoms with Crippen LogP contribution in [0.2, 0.25) is 0 Å². The number of rotatable bonds is 5. The maximum atomic E-state index is 12.7. The maximum absolute atomic E-state index is 12.7. The molecule has 2 heterocycles. The van der Waals surface area contributed by atoms with E-state index in [1.165, 1.54) is 0 Å². The van der Waals surface area contributed by atoms with Crippen LogP contribution < -0.4 is 10.1 Å². The summed E-state index contributed by atoms with van der Waals surface area (Å²) >= 11 is 0. The molecule has 24 heavy (non-hydrogen) atoms. The fourth-order valence-electron chi connectivity index (χ4n) is 3.05. The number of fused-ring (bicyclic) bond motifs is 1. The molecule has 2 N–H and O–H groups in total. The van der Waals surface area contributed by atoms with E-state index < -0.39 is 0 Å². The number of H-pyrrole nitrogens is 1. The lowest BCUT2D eigenvalue weighted by molar-refractivity contribution is 0.0926. The smallest absolute Gasteiger partial charge is 0.268 e. The molecule has 0 spiro atoms. The number of nitrogens with one attached hydrogen (secondary N) is 2. The molecule has 6 heteroatoms. The van der Waals surface area contributed by atoms with E-state index in [4.69, 9.17) is 4.74 Å². The summed E-state index contributed by atoms with van der Waals surface area (Å²) < 4.78 is 7.27. The highest BCUT2D eigenvalue weighted by molar-refractivity contribution is 5.98. The lowest BCUT2D eigenvalue weighted by Crippen LogP contribution is -2.34. The molecule has 3 aromatic rings. The molecule has 1 saturated carbocycles. The normalized spacial score (nSPS) is 15.4. The number of benzene rings is 1. The predicted octanol–water partition coefficient (Wildman–Crippen LogP) is 2.72. The summed E-state index contributed by atoms with van der Waals surface area (Å²) in [4.78, 5) is 15.8. The van der Waals surface area contributed by atoms with Crippen molar-refractivity contribution < 1.29 is 9.53 Å². The minimum atomic E-state index is -0.265. The van der Waals surface area contributed by atoms with Gasteiger partial charge in [-0.15, -0.1) is 0 Å². The number of carbonyl (C=O) groups is 1. The van der Waals surface area contributed by atoms with Gasteiger partial charge in [0.1, 0.15) is 11.4 Å². The fraction of sp³-hybridized carbons (Fsp3) is 0.333. The Morgan fingerprint density at radius 1 is 1.42 bits per heavy atom. The van der Waals surface area contributed by atoms with E-state index in [2.05, 4.69) is 15.4 Å². The Morgan fingerprint density at radius 3 is 2.92 bits per heavy atom. The Kier molecular flexibility index (Phi) is 3.33. The van der Waals surface area contributed by atoms with Crippen LogP contribution in [0.4, 0.5) is 0 Å². The van der Waals surface area contributed by atoms with Gasteiger partial charge >= 0.3 is 0 Å². The van der Waals surface area contributed by atoms with Gasteiger partial charge in [-0.05, 0) is 44.0 Å². The molecular formula is C18H20N4O2. The Morgan fingerprint density at radius 2 is 2.25 bits per heavy atom. The zero-order valence-corrected chi connectivity index (χ0v) is 13.8. The van der Waals surface area contributed by atoms with Gasteiger partial charge in [0.25, 0.3) is 5.91 Å². The van der Waals surface area contributed by atoms with E-state index in [1.54, 1.807) is 4.68 Å². The first kappa shape index (κ1) is 14.8. The number of aryl methyl sites for hydroxylation is 1. The van der Waals surface area contributed by atoms with Gasteiger partial charge in [-0.3, -0.25) is 9.48 Å². The van der Waals surface area contributed by atoms with Crippen LogP contribution in [0.5, 0.6) is 5.75 Å². The zero-order chi connectivity index (χ0) is 16.7. The number of nitrogens with zero attached hydrogens (tertiary/aromatic N) is 2. The number of carbonyl (C=O) groups excluding carboxylic acids is 1. The zero-order valence-electron chi connectivity index (χ0n) is 13.8. The number of ether oxygens (including phenoxy) is 1. The van der Waals surface area contributed by atoms with Crippen molar-refractivity contribution in [2.75, 3.05) is 6.61 Å². The van der Waals surface area contributed by atoms with Crippen LogP contribution in [0, 0.1) is 0 Å². The van der Waals surface area contributed by atoms with E-state index in [0.29, 0.717) is 12.3 Å². The van der Waals surface area contributed by atoms with E-state index in [-0.39, 0.29) is 11.4 Å². The second kappa shape index (κ2) is 5.40. The van der Waals surface area contributed by atoms with Gasteiger partial charge in [-0.2, -0.15) is 5.10 Å². The topological polar surface area (TPSA) is 71.9 Å². The second-order valence-electron chi connectivity index (χ2n) is 6.30. The first-order chi connectivity index (χ1) is 11.6. The monoisotopic (exact) mass is 324 g/mol. The summed E-state index contributed by atoms with van der Waals surface area (Å²) in [5, 5.41) is 8.34. The minimum absolute atomic E-state index is 0.0921. The van der Waals surface area contributed by atoms with Crippen LogP contribution in [0.3, 0.4) is 0 Å². The van der Waals surface area contributed by atoms with E-state index in [9.17, 15) is 4.79 Å². The summed E-state index contributed by atoms with van der Waals surface area (Å²) in [6.07, 6.45) is 5.68. The third-order valence-corrected chi connectivity index (χ3v) is 4.51. The summed E-state index contributed by atoms with van der Waals surface area (Å²) in [6.45, 7) is 2.57. The molecule has 6 nitrogen and oxygen atoms in total. The third kappa shape index (κ3) is 2.54. The molecule has 124 valence electrons. The lowest BCUT2D eigenvalue weighted by Gasteiger charge is -2.15. The van der Waals surface area contributed by atoms with Gasteiger partial charge in [0.05, 0.1) is 18.3 Å². The van der Waals surface area contributed by atoms with Gasteiger partial charge in [0, 0.05) is 29.7 Å². The third-order valence-electron chi connectivity index (χ3n) is 4.51. The highest BCUT2D eigenvalue weighted by Gasteiger charge is 2.46. The van der Waals surface area contributed by atoms with Crippen molar-refractivity contribution in [1.29, 1.82) is 0 Å². The molecule has 1 amide bonds. The molecule has 1 aromatic carbocycles.